The third-order valence-electron chi connectivity index (χ3n) is 5.76. The van der Waals surface area contributed by atoms with Gasteiger partial charge >= 0.3 is 5.97 Å². The zero-order valence-corrected chi connectivity index (χ0v) is 16.9. The lowest BCUT2D eigenvalue weighted by Crippen LogP contribution is -2.45. The van der Waals surface area contributed by atoms with Crippen molar-refractivity contribution in [3.8, 4) is 0 Å². The van der Waals surface area contributed by atoms with Crippen LogP contribution in [0.5, 0.6) is 0 Å². The summed E-state index contributed by atoms with van der Waals surface area (Å²) in [7, 11) is 4.15. The maximum Gasteiger partial charge on any atom is 0.305 e. The van der Waals surface area contributed by atoms with E-state index in [9.17, 15) is 9.90 Å². The molecule has 2 heterocycles. The molecule has 0 spiro atoms. The molecule has 2 aromatic carbocycles. The van der Waals surface area contributed by atoms with Crippen LogP contribution in [0.25, 0.3) is 10.9 Å². The van der Waals surface area contributed by atoms with Crippen molar-refractivity contribution in [3.05, 3.63) is 71.4 Å². The average molecular weight is 393 g/mol. The molecular weight excluding hydrogens is 366 g/mol. The topological polar surface area (TPSA) is 57.9 Å². The summed E-state index contributed by atoms with van der Waals surface area (Å²) in [5.41, 5.74) is 4.68. The molecule has 1 aliphatic heterocycles. The summed E-state index contributed by atoms with van der Waals surface area (Å²) in [5, 5.41) is 14.8. The molecular formula is C23H27N3O3. The Balaban J connectivity index is 1.67. The molecule has 1 unspecified atom stereocenters. The molecule has 1 N–H and O–H groups in total. The molecule has 0 aliphatic carbocycles. The number of carbonyl (C=O) groups is 1. The molecule has 0 saturated heterocycles. The van der Waals surface area contributed by atoms with Crippen molar-refractivity contribution in [1.29, 1.82) is 0 Å². The Kier molecular flexibility index (Phi) is 5.67. The molecule has 4 rings (SSSR count). The van der Waals surface area contributed by atoms with Gasteiger partial charge in [0.05, 0.1) is 32.2 Å². The molecule has 0 amide bonds. The summed E-state index contributed by atoms with van der Waals surface area (Å²) in [6.07, 6.45) is 0.111. The first-order valence-electron chi connectivity index (χ1n) is 9.93. The van der Waals surface area contributed by atoms with E-state index in [1.807, 2.05) is 30.3 Å². The number of aryl methyl sites for hydroxylation is 1. The van der Waals surface area contributed by atoms with E-state index in [0.29, 0.717) is 19.8 Å². The van der Waals surface area contributed by atoms with Crippen LogP contribution >= 0.6 is 0 Å². The highest BCUT2D eigenvalue weighted by atomic mass is 16.5. The van der Waals surface area contributed by atoms with E-state index in [1.54, 1.807) is 0 Å². The summed E-state index contributed by atoms with van der Waals surface area (Å²) >= 11 is 0. The molecule has 1 aliphatic rings. The van der Waals surface area contributed by atoms with Gasteiger partial charge in [-0.2, -0.15) is 0 Å². The number of hydrogen-bond donors (Lipinski definition) is 1. The van der Waals surface area contributed by atoms with Crippen LogP contribution in [0.15, 0.2) is 54.6 Å². The van der Waals surface area contributed by atoms with Crippen molar-refractivity contribution in [2.24, 2.45) is 0 Å². The number of ether oxygens (including phenoxy) is 1. The molecule has 0 saturated carbocycles. The first-order valence-corrected chi connectivity index (χ1v) is 9.93. The van der Waals surface area contributed by atoms with Gasteiger partial charge in [-0.15, -0.1) is 0 Å². The fourth-order valence-corrected chi connectivity index (χ4v) is 4.20. The van der Waals surface area contributed by atoms with Crippen LogP contribution in [-0.2, 0) is 29.2 Å². The number of aliphatic carboxylic acids is 1. The lowest BCUT2D eigenvalue weighted by molar-refractivity contribution is -0.137. The minimum Gasteiger partial charge on any atom is -0.481 e. The third kappa shape index (κ3) is 3.92. The van der Waals surface area contributed by atoms with Gasteiger partial charge in [-0.25, -0.2) is 10.0 Å². The Labute approximate surface area is 170 Å². The SMILES string of the molecule is CN1Cc2c(c3ccccc3n2CCC(=O)O)C(COCc2ccccc2)N1C. The van der Waals surface area contributed by atoms with Gasteiger partial charge in [-0.05, 0) is 11.6 Å². The second-order valence-electron chi connectivity index (χ2n) is 7.58. The predicted octanol–water partition coefficient (Wildman–Crippen LogP) is 3.67. The van der Waals surface area contributed by atoms with Crippen LogP contribution < -0.4 is 0 Å². The van der Waals surface area contributed by atoms with Gasteiger partial charge in [0.2, 0.25) is 0 Å². The Morgan fingerprint density at radius 2 is 1.83 bits per heavy atom. The number of likely N-dealkylation sites (N-methyl/N-ethyl adjacent to an activating group) is 1. The number of para-hydroxylation sites is 1. The number of fused-ring (bicyclic) bond motifs is 3. The van der Waals surface area contributed by atoms with E-state index in [0.717, 1.165) is 17.6 Å². The van der Waals surface area contributed by atoms with E-state index in [1.165, 1.54) is 16.6 Å². The van der Waals surface area contributed by atoms with E-state index < -0.39 is 5.97 Å². The number of nitrogens with zero attached hydrogens (tertiary/aromatic N) is 3. The van der Waals surface area contributed by atoms with Gasteiger partial charge in [0, 0.05) is 42.8 Å². The highest BCUT2D eigenvalue weighted by molar-refractivity contribution is 5.86. The molecule has 1 atom stereocenters. The molecule has 152 valence electrons. The van der Waals surface area contributed by atoms with Crippen molar-refractivity contribution in [1.82, 2.24) is 14.6 Å². The average Bonchev–Trinajstić information content (AvgIpc) is 3.03. The number of rotatable bonds is 7. The summed E-state index contributed by atoms with van der Waals surface area (Å²) in [5.74, 6) is -0.777. The maximum absolute atomic E-state index is 11.2. The van der Waals surface area contributed by atoms with Crippen molar-refractivity contribution in [2.75, 3.05) is 20.7 Å². The minimum atomic E-state index is -0.777. The molecule has 6 heteroatoms. The fourth-order valence-electron chi connectivity index (χ4n) is 4.20. The second kappa shape index (κ2) is 8.37. The maximum atomic E-state index is 11.2. The molecule has 0 bridgehead atoms. The number of benzene rings is 2. The molecule has 0 fully saturated rings. The van der Waals surface area contributed by atoms with E-state index in [2.05, 4.69) is 52.9 Å². The number of carboxylic acid groups (broad SMARTS) is 1. The lowest BCUT2D eigenvalue weighted by Gasteiger charge is -2.40. The van der Waals surface area contributed by atoms with Gasteiger partial charge in [0.15, 0.2) is 0 Å². The van der Waals surface area contributed by atoms with Crippen molar-refractivity contribution < 1.29 is 14.6 Å². The van der Waals surface area contributed by atoms with Crippen LogP contribution in [0.3, 0.4) is 0 Å². The first kappa shape index (κ1) is 19.6. The smallest absolute Gasteiger partial charge is 0.305 e. The van der Waals surface area contributed by atoms with Gasteiger partial charge in [0.1, 0.15) is 0 Å². The van der Waals surface area contributed by atoms with Gasteiger partial charge in [-0.3, -0.25) is 4.79 Å². The predicted molar refractivity (Wildman–Crippen MR) is 112 cm³/mol. The van der Waals surface area contributed by atoms with Crippen LogP contribution in [-0.4, -0.2) is 46.4 Å². The van der Waals surface area contributed by atoms with E-state index in [-0.39, 0.29) is 12.5 Å². The second-order valence-corrected chi connectivity index (χ2v) is 7.58. The lowest BCUT2D eigenvalue weighted by atomic mass is 10.0. The van der Waals surface area contributed by atoms with Crippen LogP contribution in [0, 0.1) is 0 Å². The highest BCUT2D eigenvalue weighted by Gasteiger charge is 2.33. The third-order valence-corrected chi connectivity index (χ3v) is 5.76. The molecule has 3 aromatic rings. The zero-order chi connectivity index (χ0) is 20.4. The van der Waals surface area contributed by atoms with Crippen molar-refractivity contribution in [2.45, 2.75) is 32.2 Å². The van der Waals surface area contributed by atoms with Crippen molar-refractivity contribution >= 4 is 16.9 Å². The van der Waals surface area contributed by atoms with Crippen LogP contribution in [0.2, 0.25) is 0 Å². The molecule has 29 heavy (non-hydrogen) atoms. The van der Waals surface area contributed by atoms with E-state index in [4.69, 9.17) is 4.74 Å². The number of aromatic nitrogens is 1. The summed E-state index contributed by atoms with van der Waals surface area (Å²) in [6, 6.07) is 18.5. The molecule has 1 aromatic heterocycles. The standard InChI is InChI=1S/C23H27N3O3/c1-24-14-20-23(18-10-6-7-11-19(18)26(20)13-12-22(27)28)21(25(24)2)16-29-15-17-8-4-3-5-9-17/h3-11,21H,12-16H2,1-2H3,(H,27,28). The van der Waals surface area contributed by atoms with Crippen LogP contribution in [0.1, 0.15) is 29.3 Å². The number of hydrazine groups is 1. The van der Waals surface area contributed by atoms with Gasteiger partial charge in [-0.1, -0.05) is 48.5 Å². The summed E-state index contributed by atoms with van der Waals surface area (Å²) < 4.78 is 8.29. The quantitative estimate of drug-likeness (QED) is 0.664. The highest BCUT2D eigenvalue weighted by Crippen LogP contribution is 2.38. The molecule has 0 radical (unpaired) electrons. The largest absolute Gasteiger partial charge is 0.481 e. The number of carboxylic acids is 1. The Hall–Kier alpha value is -2.67. The first-order chi connectivity index (χ1) is 14.1. The van der Waals surface area contributed by atoms with E-state index >= 15 is 0 Å². The number of hydrogen-bond acceptors (Lipinski definition) is 4. The Morgan fingerprint density at radius 1 is 1.10 bits per heavy atom. The normalized spacial score (nSPS) is 17.5. The monoisotopic (exact) mass is 393 g/mol. The van der Waals surface area contributed by atoms with Gasteiger partial charge < -0.3 is 14.4 Å². The Bertz CT molecular complexity index is 999. The molecule has 6 nitrogen and oxygen atoms in total. The fraction of sp³-hybridized carbons (Fsp3) is 0.348. The summed E-state index contributed by atoms with van der Waals surface area (Å²) in [4.78, 5) is 11.2. The zero-order valence-electron chi connectivity index (χ0n) is 16.9. The minimum absolute atomic E-state index is 0.0726. The van der Waals surface area contributed by atoms with Crippen LogP contribution in [0.4, 0.5) is 0 Å². The summed E-state index contributed by atoms with van der Waals surface area (Å²) in [6.45, 7) is 2.35. The van der Waals surface area contributed by atoms with Gasteiger partial charge in [0.25, 0.3) is 0 Å². The van der Waals surface area contributed by atoms with Crippen molar-refractivity contribution in [3.63, 3.8) is 0 Å². The Morgan fingerprint density at radius 3 is 2.59 bits per heavy atom.